The lowest BCUT2D eigenvalue weighted by Gasteiger charge is -2.31. The predicted molar refractivity (Wildman–Crippen MR) is 112 cm³/mol. The number of hydrogen-bond donors (Lipinski definition) is 1. The number of amides is 2. The summed E-state index contributed by atoms with van der Waals surface area (Å²) < 4.78 is 5.47. The van der Waals surface area contributed by atoms with Crippen LogP contribution in [0.15, 0.2) is 91.1 Å². The van der Waals surface area contributed by atoms with E-state index in [1.807, 2.05) is 78.9 Å². The molecule has 3 aromatic carbocycles. The van der Waals surface area contributed by atoms with E-state index in [2.05, 4.69) is 5.32 Å². The van der Waals surface area contributed by atoms with Gasteiger partial charge in [0.25, 0.3) is 5.91 Å². The highest BCUT2D eigenvalue weighted by Crippen LogP contribution is 2.32. The molecule has 144 valence electrons. The molecule has 1 unspecified atom stereocenters. The number of nitrogens with one attached hydrogen (secondary N) is 1. The SMILES string of the molecule is O=C(Nc1ccccc1)C1c2ccccc2C=CN1C(=O)OCc1ccccc1. The van der Waals surface area contributed by atoms with Crippen LogP contribution >= 0.6 is 0 Å². The Hall–Kier alpha value is -3.86. The number of carbonyl (C=O) groups excluding carboxylic acids is 2. The maximum atomic E-state index is 13.1. The predicted octanol–water partition coefficient (Wildman–Crippen LogP) is 4.99. The Morgan fingerprint density at radius 3 is 2.28 bits per heavy atom. The second-order valence-corrected chi connectivity index (χ2v) is 6.65. The molecule has 2 amide bonds. The minimum absolute atomic E-state index is 0.138. The van der Waals surface area contributed by atoms with E-state index < -0.39 is 12.1 Å². The van der Waals surface area contributed by atoms with E-state index in [1.165, 1.54) is 4.90 Å². The number of nitrogens with zero attached hydrogens (tertiary/aromatic N) is 1. The van der Waals surface area contributed by atoms with Gasteiger partial charge in [0.05, 0.1) is 0 Å². The van der Waals surface area contributed by atoms with E-state index in [0.717, 1.165) is 16.7 Å². The van der Waals surface area contributed by atoms with Crippen molar-refractivity contribution >= 4 is 23.8 Å². The van der Waals surface area contributed by atoms with Crippen LogP contribution in [0, 0.1) is 0 Å². The molecule has 1 aliphatic rings. The molecule has 5 heteroatoms. The largest absolute Gasteiger partial charge is 0.444 e. The van der Waals surface area contributed by atoms with E-state index in [4.69, 9.17) is 4.74 Å². The van der Waals surface area contributed by atoms with E-state index in [-0.39, 0.29) is 12.5 Å². The normalized spacial score (nSPS) is 14.8. The average Bonchev–Trinajstić information content (AvgIpc) is 2.78. The van der Waals surface area contributed by atoms with E-state index in [1.54, 1.807) is 18.3 Å². The molecule has 0 bridgehead atoms. The van der Waals surface area contributed by atoms with Crippen LogP contribution in [0.4, 0.5) is 10.5 Å². The van der Waals surface area contributed by atoms with Gasteiger partial charge in [-0.2, -0.15) is 0 Å². The first-order chi connectivity index (χ1) is 14.2. The van der Waals surface area contributed by atoms with Crippen LogP contribution in [0.3, 0.4) is 0 Å². The van der Waals surface area contributed by atoms with Gasteiger partial charge < -0.3 is 10.1 Å². The fourth-order valence-electron chi connectivity index (χ4n) is 3.27. The van der Waals surface area contributed by atoms with E-state index in [0.29, 0.717) is 5.69 Å². The zero-order valence-corrected chi connectivity index (χ0v) is 15.7. The summed E-state index contributed by atoms with van der Waals surface area (Å²) in [5, 5.41) is 2.89. The summed E-state index contributed by atoms with van der Waals surface area (Å²) in [5.41, 5.74) is 3.20. The van der Waals surface area contributed by atoms with E-state index in [9.17, 15) is 9.59 Å². The van der Waals surface area contributed by atoms with Crippen LogP contribution in [0.1, 0.15) is 22.7 Å². The number of rotatable bonds is 4. The summed E-state index contributed by atoms with van der Waals surface area (Å²) in [6.45, 7) is 0.138. The van der Waals surface area contributed by atoms with Crippen LogP contribution in [-0.2, 0) is 16.1 Å². The lowest BCUT2D eigenvalue weighted by molar-refractivity contribution is -0.120. The van der Waals surface area contributed by atoms with E-state index >= 15 is 0 Å². The van der Waals surface area contributed by atoms with Crippen LogP contribution in [0.25, 0.3) is 6.08 Å². The van der Waals surface area contributed by atoms with Gasteiger partial charge in [0.15, 0.2) is 0 Å². The molecule has 1 atom stereocenters. The van der Waals surface area contributed by atoms with Crippen molar-refractivity contribution in [3.8, 4) is 0 Å². The first kappa shape index (κ1) is 18.5. The molecular formula is C24H20N2O3. The Balaban J connectivity index is 1.57. The summed E-state index contributed by atoms with van der Waals surface area (Å²) in [4.78, 5) is 27.3. The fraction of sp³-hybridized carbons (Fsp3) is 0.0833. The van der Waals surface area contributed by atoms with Crippen molar-refractivity contribution in [3.05, 3.63) is 108 Å². The van der Waals surface area contributed by atoms with Gasteiger partial charge in [-0.15, -0.1) is 0 Å². The highest BCUT2D eigenvalue weighted by atomic mass is 16.6. The minimum atomic E-state index is -0.820. The topological polar surface area (TPSA) is 58.6 Å². The van der Waals surface area contributed by atoms with Gasteiger partial charge in [-0.25, -0.2) is 4.79 Å². The number of anilines is 1. The van der Waals surface area contributed by atoms with Crippen LogP contribution < -0.4 is 5.32 Å². The van der Waals surface area contributed by atoms with Crippen LogP contribution in [-0.4, -0.2) is 16.9 Å². The smallest absolute Gasteiger partial charge is 0.415 e. The highest BCUT2D eigenvalue weighted by molar-refractivity contribution is 5.98. The molecule has 0 spiro atoms. The maximum Gasteiger partial charge on any atom is 0.415 e. The second-order valence-electron chi connectivity index (χ2n) is 6.65. The van der Waals surface area contributed by atoms with Gasteiger partial charge >= 0.3 is 6.09 Å². The quantitative estimate of drug-likeness (QED) is 0.689. The number of benzene rings is 3. The average molecular weight is 384 g/mol. The first-order valence-corrected chi connectivity index (χ1v) is 9.34. The molecule has 1 heterocycles. The Morgan fingerprint density at radius 2 is 1.52 bits per heavy atom. The Kier molecular flexibility index (Phi) is 5.38. The van der Waals surface area contributed by atoms with Crippen molar-refractivity contribution in [2.75, 3.05) is 5.32 Å². The molecule has 4 rings (SSSR count). The van der Waals surface area contributed by atoms with Crippen LogP contribution in [0.5, 0.6) is 0 Å². The lowest BCUT2D eigenvalue weighted by atomic mass is 9.95. The molecule has 0 saturated heterocycles. The van der Waals surface area contributed by atoms with Crippen molar-refractivity contribution in [1.29, 1.82) is 0 Å². The van der Waals surface area contributed by atoms with Gasteiger partial charge in [-0.1, -0.05) is 72.8 Å². The maximum absolute atomic E-state index is 13.1. The third-order valence-corrected chi connectivity index (χ3v) is 4.69. The molecule has 0 fully saturated rings. The summed E-state index contributed by atoms with van der Waals surface area (Å²) in [5.74, 6) is -0.301. The fourth-order valence-corrected chi connectivity index (χ4v) is 3.27. The molecule has 5 nitrogen and oxygen atoms in total. The number of fused-ring (bicyclic) bond motifs is 1. The number of carbonyl (C=O) groups is 2. The summed E-state index contributed by atoms with van der Waals surface area (Å²) in [7, 11) is 0. The van der Waals surface area contributed by atoms with Crippen LogP contribution in [0.2, 0.25) is 0 Å². The number of para-hydroxylation sites is 1. The van der Waals surface area contributed by atoms with Crippen molar-refractivity contribution in [3.63, 3.8) is 0 Å². The molecule has 0 radical (unpaired) electrons. The van der Waals surface area contributed by atoms with Gasteiger partial charge in [0, 0.05) is 11.9 Å². The van der Waals surface area contributed by atoms with Gasteiger partial charge in [-0.3, -0.25) is 9.69 Å². The zero-order chi connectivity index (χ0) is 20.1. The van der Waals surface area contributed by atoms with Gasteiger partial charge in [0.2, 0.25) is 0 Å². The standard InChI is InChI=1S/C24H20N2O3/c27-23(25-20-12-5-2-6-13-20)22-21-14-8-7-11-19(21)15-16-26(22)24(28)29-17-18-9-3-1-4-10-18/h1-16,22H,17H2,(H,25,27). The van der Waals surface area contributed by atoms with Crippen molar-refractivity contribution in [2.45, 2.75) is 12.6 Å². The zero-order valence-electron chi connectivity index (χ0n) is 15.7. The Bertz CT molecular complexity index is 1030. The van der Waals surface area contributed by atoms with Gasteiger partial charge in [-0.05, 0) is 34.9 Å². The Labute approximate surface area is 169 Å². The molecule has 1 aliphatic heterocycles. The molecular weight excluding hydrogens is 364 g/mol. The highest BCUT2D eigenvalue weighted by Gasteiger charge is 2.34. The second kappa shape index (κ2) is 8.44. The molecule has 0 aromatic heterocycles. The van der Waals surface area contributed by atoms with Crippen molar-refractivity contribution in [1.82, 2.24) is 4.90 Å². The molecule has 0 aliphatic carbocycles. The van der Waals surface area contributed by atoms with Gasteiger partial charge in [0.1, 0.15) is 12.6 Å². The number of hydrogen-bond acceptors (Lipinski definition) is 3. The third kappa shape index (κ3) is 4.19. The lowest BCUT2D eigenvalue weighted by Crippen LogP contribution is -2.39. The molecule has 3 aromatic rings. The summed E-state index contributed by atoms with van der Waals surface area (Å²) in [6.07, 6.45) is 2.84. The van der Waals surface area contributed by atoms with Crippen molar-refractivity contribution < 1.29 is 14.3 Å². The summed E-state index contributed by atoms with van der Waals surface area (Å²) >= 11 is 0. The minimum Gasteiger partial charge on any atom is -0.444 e. The third-order valence-electron chi connectivity index (χ3n) is 4.69. The number of ether oxygens (including phenoxy) is 1. The Morgan fingerprint density at radius 1 is 0.862 bits per heavy atom. The monoisotopic (exact) mass is 384 g/mol. The summed E-state index contributed by atoms with van der Waals surface area (Å²) in [6, 6.07) is 25.3. The molecule has 1 N–H and O–H groups in total. The van der Waals surface area contributed by atoms with Crippen molar-refractivity contribution in [2.24, 2.45) is 0 Å². The molecule has 29 heavy (non-hydrogen) atoms. The molecule has 0 saturated carbocycles. The first-order valence-electron chi connectivity index (χ1n) is 9.34.